The number of hydrogen-bond donors (Lipinski definition) is 1. The van der Waals surface area contributed by atoms with Crippen LogP contribution in [0.25, 0.3) is 0 Å². The molecule has 1 N–H and O–H groups in total. The summed E-state index contributed by atoms with van der Waals surface area (Å²) in [6.07, 6.45) is 2.74. The first-order valence-corrected chi connectivity index (χ1v) is 7.60. The predicted molar refractivity (Wildman–Crippen MR) is 79.9 cm³/mol. The number of para-hydroxylation sites is 1. The Kier molecular flexibility index (Phi) is 5.84. The number of likely N-dealkylation sites (tertiary alicyclic amines) is 1. The van der Waals surface area contributed by atoms with Crippen LogP contribution in [0.5, 0.6) is 5.75 Å². The van der Waals surface area contributed by atoms with Gasteiger partial charge in [0.1, 0.15) is 0 Å². The molecule has 0 radical (unpaired) electrons. The van der Waals surface area contributed by atoms with Gasteiger partial charge in [-0.25, -0.2) is 9.18 Å². The normalized spacial score (nSPS) is 15.8. The van der Waals surface area contributed by atoms with Gasteiger partial charge in [0.25, 0.3) is 0 Å². The monoisotopic (exact) mass is 294 g/mol. The number of ether oxygens (including phenoxy) is 1. The van der Waals surface area contributed by atoms with Crippen molar-refractivity contribution in [1.29, 1.82) is 0 Å². The number of nitrogens with zero attached hydrogens (tertiary/aromatic N) is 1. The molecule has 0 unspecified atom stereocenters. The second-order valence-corrected chi connectivity index (χ2v) is 5.40. The fourth-order valence-electron chi connectivity index (χ4n) is 2.42. The van der Waals surface area contributed by atoms with Crippen LogP contribution in [0.15, 0.2) is 24.3 Å². The summed E-state index contributed by atoms with van der Waals surface area (Å²) in [5, 5.41) is 2.89. The lowest BCUT2D eigenvalue weighted by Crippen LogP contribution is -2.45. The zero-order valence-electron chi connectivity index (χ0n) is 12.5. The Morgan fingerprint density at radius 2 is 2.10 bits per heavy atom. The number of urea groups is 1. The number of carbonyl (C=O) groups excluding carboxylic acids is 1. The van der Waals surface area contributed by atoms with E-state index >= 15 is 0 Å². The molecule has 1 aromatic carbocycles. The van der Waals surface area contributed by atoms with Crippen molar-refractivity contribution in [3.8, 4) is 5.75 Å². The number of halogens is 1. The molecule has 1 saturated heterocycles. The van der Waals surface area contributed by atoms with Crippen molar-refractivity contribution in [3.63, 3.8) is 0 Å². The number of piperidine rings is 1. The second kappa shape index (κ2) is 7.86. The first-order chi connectivity index (χ1) is 10.2. The molecular formula is C16H23FN2O2. The summed E-state index contributed by atoms with van der Waals surface area (Å²) in [6.45, 7) is 4.73. The van der Waals surface area contributed by atoms with Gasteiger partial charge in [0.15, 0.2) is 11.6 Å². The molecule has 1 heterocycles. The zero-order chi connectivity index (χ0) is 15.1. The Hall–Kier alpha value is -1.78. The number of nitrogens with one attached hydrogen (secondary N) is 1. The highest BCUT2D eigenvalue weighted by molar-refractivity contribution is 5.74. The Bertz CT molecular complexity index is 459. The van der Waals surface area contributed by atoms with E-state index in [1.807, 2.05) is 11.8 Å². The molecule has 21 heavy (non-hydrogen) atoms. The van der Waals surface area contributed by atoms with E-state index < -0.39 is 0 Å². The van der Waals surface area contributed by atoms with Gasteiger partial charge in [-0.15, -0.1) is 0 Å². The molecule has 2 amide bonds. The van der Waals surface area contributed by atoms with Gasteiger partial charge in [0.05, 0.1) is 6.61 Å². The summed E-state index contributed by atoms with van der Waals surface area (Å²) in [6, 6.07) is 6.47. The molecule has 1 aliphatic heterocycles. The smallest absolute Gasteiger partial charge is 0.317 e. The highest BCUT2D eigenvalue weighted by Crippen LogP contribution is 2.21. The van der Waals surface area contributed by atoms with E-state index in [1.54, 1.807) is 18.2 Å². The summed E-state index contributed by atoms with van der Waals surface area (Å²) in [5.41, 5.74) is 0. The number of benzene rings is 1. The quantitative estimate of drug-likeness (QED) is 0.907. The third-order valence-corrected chi connectivity index (χ3v) is 3.74. The van der Waals surface area contributed by atoms with E-state index in [-0.39, 0.29) is 11.8 Å². The van der Waals surface area contributed by atoms with Crippen molar-refractivity contribution in [1.82, 2.24) is 10.2 Å². The molecular weight excluding hydrogens is 271 g/mol. The molecule has 1 fully saturated rings. The number of hydrogen-bond acceptors (Lipinski definition) is 2. The third kappa shape index (κ3) is 4.62. The van der Waals surface area contributed by atoms with Crippen LogP contribution >= 0.6 is 0 Å². The minimum atomic E-state index is -0.325. The van der Waals surface area contributed by atoms with Gasteiger partial charge in [0, 0.05) is 19.6 Å². The summed E-state index contributed by atoms with van der Waals surface area (Å²) in [7, 11) is 0. The van der Waals surface area contributed by atoms with Crippen molar-refractivity contribution in [2.24, 2.45) is 5.92 Å². The summed E-state index contributed by atoms with van der Waals surface area (Å²) in [5.74, 6) is 0.356. The highest BCUT2D eigenvalue weighted by atomic mass is 19.1. The molecule has 0 atom stereocenters. The van der Waals surface area contributed by atoms with Gasteiger partial charge in [-0.3, -0.25) is 0 Å². The molecule has 0 aromatic heterocycles. The molecule has 0 bridgehead atoms. The van der Waals surface area contributed by atoms with E-state index in [0.29, 0.717) is 18.3 Å². The predicted octanol–water partition coefficient (Wildman–Crippen LogP) is 3.04. The zero-order valence-corrected chi connectivity index (χ0v) is 12.5. The number of rotatable bonds is 5. The lowest BCUT2D eigenvalue weighted by molar-refractivity contribution is 0.143. The first kappa shape index (κ1) is 15.6. The summed E-state index contributed by atoms with van der Waals surface area (Å²) >= 11 is 0. The molecule has 0 spiro atoms. The maximum Gasteiger partial charge on any atom is 0.317 e. The van der Waals surface area contributed by atoms with E-state index in [2.05, 4.69) is 5.32 Å². The van der Waals surface area contributed by atoms with Gasteiger partial charge in [-0.2, -0.15) is 0 Å². The minimum Gasteiger partial charge on any atom is -0.490 e. The van der Waals surface area contributed by atoms with Gasteiger partial charge in [0.2, 0.25) is 0 Å². The number of carbonyl (C=O) groups is 1. The van der Waals surface area contributed by atoms with Crippen LogP contribution in [0.2, 0.25) is 0 Å². The largest absolute Gasteiger partial charge is 0.490 e. The van der Waals surface area contributed by atoms with Crippen molar-refractivity contribution < 1.29 is 13.9 Å². The lowest BCUT2D eigenvalue weighted by atomic mass is 9.98. The van der Waals surface area contributed by atoms with Crippen LogP contribution in [0.4, 0.5) is 9.18 Å². The van der Waals surface area contributed by atoms with E-state index in [4.69, 9.17) is 4.74 Å². The lowest BCUT2D eigenvalue weighted by Gasteiger charge is -2.31. The second-order valence-electron chi connectivity index (χ2n) is 5.40. The summed E-state index contributed by atoms with van der Waals surface area (Å²) < 4.78 is 19.0. The van der Waals surface area contributed by atoms with Crippen molar-refractivity contribution in [2.45, 2.75) is 26.2 Å². The fraction of sp³-hybridized carbons (Fsp3) is 0.562. The van der Waals surface area contributed by atoms with Crippen LogP contribution in [-0.2, 0) is 0 Å². The maximum atomic E-state index is 13.4. The average molecular weight is 294 g/mol. The van der Waals surface area contributed by atoms with Gasteiger partial charge < -0.3 is 15.0 Å². The first-order valence-electron chi connectivity index (χ1n) is 7.60. The average Bonchev–Trinajstić information content (AvgIpc) is 2.52. The van der Waals surface area contributed by atoms with Crippen LogP contribution in [-0.4, -0.2) is 37.2 Å². The Balaban J connectivity index is 1.72. The molecule has 0 aliphatic carbocycles. The molecule has 4 nitrogen and oxygen atoms in total. The Morgan fingerprint density at radius 1 is 1.38 bits per heavy atom. The van der Waals surface area contributed by atoms with Gasteiger partial charge in [-0.1, -0.05) is 19.1 Å². The van der Waals surface area contributed by atoms with Crippen molar-refractivity contribution in [2.75, 3.05) is 26.2 Å². The van der Waals surface area contributed by atoms with E-state index in [1.165, 1.54) is 6.07 Å². The van der Waals surface area contributed by atoms with E-state index in [9.17, 15) is 9.18 Å². The molecule has 0 saturated carbocycles. The molecule has 1 aliphatic rings. The molecule has 5 heteroatoms. The fourth-order valence-corrected chi connectivity index (χ4v) is 2.42. The van der Waals surface area contributed by atoms with E-state index in [0.717, 1.165) is 38.9 Å². The van der Waals surface area contributed by atoms with Crippen LogP contribution in [0.1, 0.15) is 26.2 Å². The van der Waals surface area contributed by atoms with Crippen LogP contribution in [0, 0.1) is 11.7 Å². The third-order valence-electron chi connectivity index (χ3n) is 3.74. The van der Waals surface area contributed by atoms with Crippen LogP contribution in [0.3, 0.4) is 0 Å². The molecule has 1 aromatic rings. The maximum absolute atomic E-state index is 13.4. The molecule has 116 valence electrons. The topological polar surface area (TPSA) is 41.6 Å². The van der Waals surface area contributed by atoms with Gasteiger partial charge >= 0.3 is 6.03 Å². The minimum absolute atomic E-state index is 0.0188. The Morgan fingerprint density at radius 3 is 2.76 bits per heavy atom. The number of amides is 2. The standard InChI is InChI=1S/C16H23FN2O2/c1-2-9-18-16(20)19-10-7-13(8-11-19)12-21-15-6-4-3-5-14(15)17/h3-6,13H,2,7-12H2,1H3,(H,18,20). The molecule has 2 rings (SSSR count). The highest BCUT2D eigenvalue weighted by Gasteiger charge is 2.23. The van der Waals surface area contributed by atoms with Crippen molar-refractivity contribution >= 4 is 6.03 Å². The van der Waals surface area contributed by atoms with Crippen LogP contribution < -0.4 is 10.1 Å². The Labute approximate surface area is 125 Å². The SMILES string of the molecule is CCCNC(=O)N1CCC(COc2ccccc2F)CC1. The van der Waals surface area contributed by atoms with Crippen molar-refractivity contribution in [3.05, 3.63) is 30.1 Å². The summed E-state index contributed by atoms with van der Waals surface area (Å²) in [4.78, 5) is 13.7. The van der Waals surface area contributed by atoms with Gasteiger partial charge in [-0.05, 0) is 37.3 Å².